The molecule has 0 rings (SSSR count). The molecule has 0 unspecified atom stereocenters. The Bertz CT molecular complexity index is 266. The van der Waals surface area contributed by atoms with Crippen molar-refractivity contribution in [3.63, 3.8) is 0 Å². The highest BCUT2D eigenvalue weighted by Crippen LogP contribution is 2.38. The minimum absolute atomic E-state index is 0.110. The lowest BCUT2D eigenvalue weighted by Gasteiger charge is -2.39. The number of hydrogen-bond acceptors (Lipinski definition) is 3. The van der Waals surface area contributed by atoms with Gasteiger partial charge in [-0.1, -0.05) is 26.8 Å². The molecule has 0 amide bonds. The first kappa shape index (κ1) is 16.4. The molecule has 0 aromatic carbocycles. The van der Waals surface area contributed by atoms with Crippen LogP contribution < -0.4 is 0 Å². The molecule has 0 aliphatic heterocycles. The predicted molar refractivity (Wildman–Crippen MR) is 73.5 cm³/mol. The summed E-state index contributed by atoms with van der Waals surface area (Å²) in [4.78, 5) is 11.3. The summed E-state index contributed by atoms with van der Waals surface area (Å²) in [5, 5.41) is 0.141. The van der Waals surface area contributed by atoms with Crippen molar-refractivity contribution in [2.24, 2.45) is 0 Å². The van der Waals surface area contributed by atoms with E-state index >= 15 is 0 Å². The Hall–Kier alpha value is -0.613. The van der Waals surface area contributed by atoms with Gasteiger partial charge < -0.3 is 9.16 Å². The van der Waals surface area contributed by atoms with Gasteiger partial charge >= 0.3 is 5.97 Å². The van der Waals surface area contributed by atoms with Gasteiger partial charge in [0.1, 0.15) is 0 Å². The van der Waals surface area contributed by atoms with Crippen LogP contribution in [0.25, 0.3) is 0 Å². The lowest BCUT2D eigenvalue weighted by molar-refractivity contribution is -0.142. The molecule has 0 N–H and O–H groups in total. The Morgan fingerprint density at radius 2 is 1.94 bits per heavy atom. The molecule has 1 atom stereocenters. The predicted octanol–water partition coefficient (Wildman–Crippen LogP) is 3.52. The van der Waals surface area contributed by atoms with E-state index in [2.05, 4.69) is 45.2 Å². The number of esters is 1. The van der Waals surface area contributed by atoms with Gasteiger partial charge in [0.25, 0.3) is 0 Å². The molecule has 0 aromatic rings. The quantitative estimate of drug-likeness (QED) is 0.415. The first-order chi connectivity index (χ1) is 7.64. The molecule has 0 saturated heterocycles. The monoisotopic (exact) mass is 258 g/mol. The van der Waals surface area contributed by atoms with Gasteiger partial charge in [0.2, 0.25) is 0 Å². The Balaban J connectivity index is 4.64. The number of hydrogen-bond donors (Lipinski definition) is 0. The van der Waals surface area contributed by atoms with Gasteiger partial charge in [0.05, 0.1) is 19.6 Å². The molecule has 0 fully saturated rings. The summed E-state index contributed by atoms with van der Waals surface area (Å²) in [5.41, 5.74) is 0. The van der Waals surface area contributed by atoms with Crippen LogP contribution in [0.2, 0.25) is 18.1 Å². The summed E-state index contributed by atoms with van der Waals surface area (Å²) < 4.78 is 10.9. The van der Waals surface area contributed by atoms with Gasteiger partial charge in [-0.15, -0.1) is 6.58 Å². The molecular formula is C13H26O3Si. The zero-order valence-corrected chi connectivity index (χ0v) is 13.0. The smallest absolute Gasteiger partial charge is 0.308 e. The third-order valence-electron chi connectivity index (χ3n) is 3.32. The van der Waals surface area contributed by atoms with E-state index in [-0.39, 0.29) is 17.1 Å². The second kappa shape index (κ2) is 6.35. The molecule has 0 bridgehead atoms. The second-order valence-corrected chi connectivity index (χ2v) is 10.6. The maximum atomic E-state index is 11.3. The van der Waals surface area contributed by atoms with E-state index in [1.165, 1.54) is 7.11 Å². The van der Waals surface area contributed by atoms with Crippen LogP contribution >= 0.6 is 0 Å². The standard InChI is InChI=1S/C13H26O3Si/c1-8-9-11(10-12(14)15-5)16-17(6,7)13(2,3)4/h8,11H,1,9-10H2,2-7H3/t11-/m0/s1. The summed E-state index contributed by atoms with van der Waals surface area (Å²) >= 11 is 0. The lowest BCUT2D eigenvalue weighted by Crippen LogP contribution is -2.44. The first-order valence-corrected chi connectivity index (χ1v) is 8.90. The maximum absolute atomic E-state index is 11.3. The van der Waals surface area contributed by atoms with Gasteiger partial charge in [-0.2, -0.15) is 0 Å². The number of carbonyl (C=O) groups excluding carboxylic acids is 1. The largest absolute Gasteiger partial charge is 0.469 e. The average molecular weight is 258 g/mol. The summed E-state index contributed by atoms with van der Waals surface area (Å²) in [5.74, 6) is -0.226. The van der Waals surface area contributed by atoms with Crippen LogP contribution in [-0.4, -0.2) is 27.5 Å². The fourth-order valence-electron chi connectivity index (χ4n) is 1.22. The highest BCUT2D eigenvalue weighted by atomic mass is 28.4. The molecule has 0 radical (unpaired) electrons. The van der Waals surface area contributed by atoms with Crippen molar-refractivity contribution in [2.45, 2.75) is 57.8 Å². The lowest BCUT2D eigenvalue weighted by atomic mass is 10.2. The van der Waals surface area contributed by atoms with Gasteiger partial charge in [0, 0.05) is 0 Å². The zero-order valence-electron chi connectivity index (χ0n) is 12.0. The normalized spacial score (nSPS) is 14.2. The minimum Gasteiger partial charge on any atom is -0.469 e. The van der Waals surface area contributed by atoms with Crippen LogP contribution in [0.15, 0.2) is 12.7 Å². The number of carbonyl (C=O) groups is 1. The van der Waals surface area contributed by atoms with E-state index in [1.54, 1.807) is 6.08 Å². The molecule has 0 aromatic heterocycles. The number of rotatable bonds is 6. The first-order valence-electron chi connectivity index (χ1n) is 5.99. The van der Waals surface area contributed by atoms with E-state index in [9.17, 15) is 4.79 Å². The SMILES string of the molecule is C=CC[C@@H](CC(=O)OC)O[Si](C)(C)C(C)(C)C. The third-order valence-corrected chi connectivity index (χ3v) is 7.85. The summed E-state index contributed by atoms with van der Waals surface area (Å²) in [6.07, 6.45) is 2.66. The average Bonchev–Trinajstić information content (AvgIpc) is 2.15. The molecule has 3 nitrogen and oxygen atoms in total. The van der Waals surface area contributed by atoms with Crippen LogP contribution in [0.3, 0.4) is 0 Å². The summed E-state index contributed by atoms with van der Waals surface area (Å²) in [6.45, 7) is 14.6. The van der Waals surface area contributed by atoms with E-state index < -0.39 is 8.32 Å². The van der Waals surface area contributed by atoms with Crippen molar-refractivity contribution in [3.8, 4) is 0 Å². The molecule has 4 heteroatoms. The van der Waals surface area contributed by atoms with Crippen LogP contribution in [0.1, 0.15) is 33.6 Å². The van der Waals surface area contributed by atoms with Crippen molar-refractivity contribution in [1.82, 2.24) is 0 Å². The van der Waals surface area contributed by atoms with Gasteiger partial charge in [-0.25, -0.2) is 0 Å². The second-order valence-electron chi connectivity index (χ2n) is 5.80. The topological polar surface area (TPSA) is 35.5 Å². The molecule has 100 valence electrons. The van der Waals surface area contributed by atoms with Gasteiger partial charge in [-0.05, 0) is 24.6 Å². The van der Waals surface area contributed by atoms with E-state index in [0.717, 1.165) is 0 Å². The fraction of sp³-hybridized carbons (Fsp3) is 0.769. The van der Waals surface area contributed by atoms with Crippen LogP contribution in [0, 0.1) is 0 Å². The van der Waals surface area contributed by atoms with Crippen molar-refractivity contribution in [2.75, 3.05) is 7.11 Å². The maximum Gasteiger partial charge on any atom is 0.308 e. The van der Waals surface area contributed by atoms with E-state index in [4.69, 9.17) is 4.43 Å². The van der Waals surface area contributed by atoms with Crippen LogP contribution in [0.5, 0.6) is 0 Å². The zero-order chi connectivity index (χ0) is 13.7. The molecular weight excluding hydrogens is 232 g/mol. The Kier molecular flexibility index (Phi) is 6.13. The van der Waals surface area contributed by atoms with Crippen LogP contribution in [0.4, 0.5) is 0 Å². The number of ether oxygens (including phenoxy) is 1. The third kappa shape index (κ3) is 5.50. The molecule has 0 heterocycles. The van der Waals surface area contributed by atoms with E-state index in [1.807, 2.05) is 0 Å². The Labute approximate surface area is 106 Å². The summed E-state index contributed by atoms with van der Waals surface area (Å²) in [7, 11) is -0.438. The van der Waals surface area contributed by atoms with E-state index in [0.29, 0.717) is 12.8 Å². The fourth-order valence-corrected chi connectivity index (χ4v) is 2.59. The van der Waals surface area contributed by atoms with Crippen molar-refractivity contribution in [1.29, 1.82) is 0 Å². The van der Waals surface area contributed by atoms with Crippen molar-refractivity contribution in [3.05, 3.63) is 12.7 Å². The number of methoxy groups -OCH3 is 1. The van der Waals surface area contributed by atoms with Crippen molar-refractivity contribution < 1.29 is 14.0 Å². The van der Waals surface area contributed by atoms with Crippen LogP contribution in [-0.2, 0) is 14.0 Å². The highest BCUT2D eigenvalue weighted by molar-refractivity contribution is 6.74. The van der Waals surface area contributed by atoms with Gasteiger partial charge in [-0.3, -0.25) is 4.79 Å². The van der Waals surface area contributed by atoms with Gasteiger partial charge in [0.15, 0.2) is 8.32 Å². The Morgan fingerprint density at radius 3 is 2.29 bits per heavy atom. The Morgan fingerprint density at radius 1 is 1.41 bits per heavy atom. The molecule has 0 aliphatic carbocycles. The minimum atomic E-state index is -1.84. The molecule has 0 saturated carbocycles. The highest BCUT2D eigenvalue weighted by Gasteiger charge is 2.39. The molecule has 0 aliphatic rings. The summed E-state index contributed by atoms with van der Waals surface area (Å²) in [6, 6.07) is 0. The molecule has 0 spiro atoms. The van der Waals surface area contributed by atoms with Crippen molar-refractivity contribution >= 4 is 14.3 Å². The molecule has 17 heavy (non-hydrogen) atoms.